The van der Waals surface area contributed by atoms with Crippen LogP contribution in [0.15, 0.2) is 0 Å². The number of phosphoric acid groups is 2. The highest BCUT2D eigenvalue weighted by atomic mass is 31.2. The topological polar surface area (TPSA) is 237 Å². The molecule has 0 spiro atoms. The highest BCUT2D eigenvalue weighted by Crippen LogP contribution is 2.45. The first-order valence-electron chi connectivity index (χ1n) is 37.7. The largest absolute Gasteiger partial charge is 0.472 e. The third-order valence-corrected chi connectivity index (χ3v) is 18.7. The number of phosphoric ester groups is 2. The van der Waals surface area contributed by atoms with Gasteiger partial charge in [0.2, 0.25) is 0 Å². The maximum Gasteiger partial charge on any atom is 0.472 e. The van der Waals surface area contributed by atoms with E-state index in [9.17, 15) is 43.2 Å². The average molecular weight is 1350 g/mol. The molecule has 0 aliphatic rings. The maximum atomic E-state index is 13.0. The molecule has 0 heterocycles. The Morgan fingerprint density at radius 1 is 0.272 bits per heavy atom. The minimum Gasteiger partial charge on any atom is -0.462 e. The Balaban J connectivity index is 5.21. The number of unbranched alkanes of at least 4 members (excludes halogenated alkanes) is 36. The summed E-state index contributed by atoms with van der Waals surface area (Å²) in [4.78, 5) is 72.6. The maximum absolute atomic E-state index is 13.0. The third-order valence-electron chi connectivity index (χ3n) is 16.8. The summed E-state index contributed by atoms with van der Waals surface area (Å²) in [6.07, 6.45) is 46.0. The number of esters is 4. The van der Waals surface area contributed by atoms with Crippen molar-refractivity contribution < 1.29 is 80.2 Å². The number of aliphatic hydroxyl groups excluding tert-OH is 1. The van der Waals surface area contributed by atoms with Gasteiger partial charge in [-0.15, -0.1) is 0 Å². The normalized spacial score (nSPS) is 14.2. The summed E-state index contributed by atoms with van der Waals surface area (Å²) in [5.74, 6) is 0.850. The van der Waals surface area contributed by atoms with Crippen LogP contribution in [0.1, 0.15) is 364 Å². The molecule has 546 valence electrons. The van der Waals surface area contributed by atoms with Crippen LogP contribution in [0.2, 0.25) is 0 Å². The smallest absolute Gasteiger partial charge is 0.462 e. The minimum atomic E-state index is -4.95. The number of hydrogen-bond donors (Lipinski definition) is 3. The van der Waals surface area contributed by atoms with Gasteiger partial charge in [0.05, 0.1) is 26.4 Å². The van der Waals surface area contributed by atoms with Crippen molar-refractivity contribution in [3.63, 3.8) is 0 Å². The van der Waals surface area contributed by atoms with Crippen molar-refractivity contribution in [3.05, 3.63) is 0 Å². The lowest BCUT2D eigenvalue weighted by Gasteiger charge is -2.21. The van der Waals surface area contributed by atoms with Crippen LogP contribution in [0, 0.1) is 23.7 Å². The molecule has 3 unspecified atom stereocenters. The molecule has 0 aliphatic carbocycles. The van der Waals surface area contributed by atoms with E-state index in [-0.39, 0.29) is 25.7 Å². The molecule has 92 heavy (non-hydrogen) atoms. The lowest BCUT2D eigenvalue weighted by molar-refractivity contribution is -0.161. The molecule has 19 heteroatoms. The van der Waals surface area contributed by atoms with Crippen molar-refractivity contribution in [3.8, 4) is 0 Å². The van der Waals surface area contributed by atoms with Crippen LogP contribution >= 0.6 is 15.6 Å². The molecule has 0 radical (unpaired) electrons. The van der Waals surface area contributed by atoms with Crippen LogP contribution in [0.4, 0.5) is 0 Å². The molecule has 0 saturated carbocycles. The molecule has 3 N–H and O–H groups in total. The van der Waals surface area contributed by atoms with Gasteiger partial charge >= 0.3 is 39.5 Å². The van der Waals surface area contributed by atoms with Crippen molar-refractivity contribution in [2.24, 2.45) is 23.7 Å². The number of carbonyl (C=O) groups excluding carboxylic acids is 4. The van der Waals surface area contributed by atoms with Crippen molar-refractivity contribution in [1.82, 2.24) is 0 Å². The number of ether oxygens (including phenoxy) is 4. The van der Waals surface area contributed by atoms with Gasteiger partial charge in [0.1, 0.15) is 19.3 Å². The van der Waals surface area contributed by atoms with Gasteiger partial charge in [-0.05, 0) is 49.4 Å². The monoisotopic (exact) mass is 1350 g/mol. The van der Waals surface area contributed by atoms with Gasteiger partial charge in [-0.25, -0.2) is 9.13 Å². The van der Waals surface area contributed by atoms with Crippen molar-refractivity contribution in [2.45, 2.75) is 382 Å². The molecule has 0 rings (SSSR count). The number of carbonyl (C=O) groups is 4. The van der Waals surface area contributed by atoms with E-state index in [1.54, 1.807) is 0 Å². The van der Waals surface area contributed by atoms with E-state index in [0.717, 1.165) is 114 Å². The van der Waals surface area contributed by atoms with Crippen LogP contribution in [-0.4, -0.2) is 96.7 Å². The highest BCUT2D eigenvalue weighted by Gasteiger charge is 2.30. The molecule has 0 aliphatic heterocycles. The summed E-state index contributed by atoms with van der Waals surface area (Å²) in [6, 6.07) is 0. The van der Waals surface area contributed by atoms with Gasteiger partial charge < -0.3 is 33.8 Å². The van der Waals surface area contributed by atoms with Crippen LogP contribution in [0.25, 0.3) is 0 Å². The van der Waals surface area contributed by atoms with E-state index in [0.29, 0.717) is 31.6 Å². The molecular formula is C73H142O17P2. The highest BCUT2D eigenvalue weighted by molar-refractivity contribution is 7.47. The summed E-state index contributed by atoms with van der Waals surface area (Å²) in [5.41, 5.74) is 0. The van der Waals surface area contributed by atoms with Crippen LogP contribution in [0.5, 0.6) is 0 Å². The fourth-order valence-electron chi connectivity index (χ4n) is 11.0. The van der Waals surface area contributed by atoms with Crippen LogP contribution in [0.3, 0.4) is 0 Å². The Kier molecular flexibility index (Phi) is 61.3. The molecule has 0 aromatic heterocycles. The zero-order valence-corrected chi connectivity index (χ0v) is 62.0. The Hall–Kier alpha value is -1.94. The summed E-state index contributed by atoms with van der Waals surface area (Å²) in [6.45, 7) is 14.1. The number of aliphatic hydroxyl groups is 1. The van der Waals surface area contributed by atoms with Crippen molar-refractivity contribution in [2.75, 3.05) is 39.6 Å². The molecular weight excluding hydrogens is 1210 g/mol. The molecule has 0 aromatic carbocycles. The lowest BCUT2D eigenvalue weighted by atomic mass is 10.0. The van der Waals surface area contributed by atoms with Crippen LogP contribution < -0.4 is 0 Å². The predicted molar refractivity (Wildman–Crippen MR) is 372 cm³/mol. The van der Waals surface area contributed by atoms with Gasteiger partial charge in [-0.1, -0.05) is 312 Å². The van der Waals surface area contributed by atoms with Gasteiger partial charge in [-0.3, -0.25) is 37.3 Å². The summed E-state index contributed by atoms with van der Waals surface area (Å²) < 4.78 is 68.4. The molecule has 0 amide bonds. The minimum absolute atomic E-state index is 0.105. The zero-order valence-electron chi connectivity index (χ0n) is 60.2. The lowest BCUT2D eigenvalue weighted by Crippen LogP contribution is -2.30. The Bertz CT molecular complexity index is 1820. The second-order valence-electron chi connectivity index (χ2n) is 28.2. The van der Waals surface area contributed by atoms with Crippen LogP contribution in [-0.2, 0) is 65.4 Å². The Morgan fingerprint density at radius 3 is 0.674 bits per heavy atom. The van der Waals surface area contributed by atoms with E-state index < -0.39 is 97.5 Å². The zero-order chi connectivity index (χ0) is 68.2. The first kappa shape index (κ1) is 90.1. The average Bonchev–Trinajstić information content (AvgIpc) is 2.58. The van der Waals surface area contributed by atoms with E-state index in [1.165, 1.54) is 161 Å². The molecule has 0 aromatic rings. The summed E-state index contributed by atoms with van der Waals surface area (Å²) >= 11 is 0. The summed E-state index contributed by atoms with van der Waals surface area (Å²) in [7, 11) is -9.91. The number of rotatable bonds is 70. The fourth-order valence-corrected chi connectivity index (χ4v) is 12.6. The molecule has 5 atom stereocenters. The number of hydrogen-bond acceptors (Lipinski definition) is 15. The molecule has 0 bridgehead atoms. The molecule has 0 fully saturated rings. The van der Waals surface area contributed by atoms with E-state index >= 15 is 0 Å². The SMILES string of the molecule is CC(C)CCCCCCCCCCCCCCCCCC(=O)O[C@H](COC(=O)CCCCCCCCC(C)C)COP(=O)(O)OCC(O)COP(=O)(O)OC[C@@H](COC(=O)CCCCCCCCCCCCC(C)C)OC(=O)CCCCCCCCCCCC(C)C. The first-order valence-corrected chi connectivity index (χ1v) is 40.7. The summed E-state index contributed by atoms with van der Waals surface area (Å²) in [5, 5.41) is 10.6. The van der Waals surface area contributed by atoms with Gasteiger partial charge in [0, 0.05) is 25.7 Å². The van der Waals surface area contributed by atoms with Gasteiger partial charge in [0.25, 0.3) is 0 Å². The van der Waals surface area contributed by atoms with E-state index in [1.807, 2.05) is 0 Å². The molecule has 17 nitrogen and oxygen atoms in total. The fraction of sp³-hybridized carbons (Fsp3) is 0.945. The Labute approximate surface area is 562 Å². The standard InChI is InChI=1S/C73H142O17P2/c1-63(2)49-41-33-25-19-14-12-10-9-11-13-15-23-29-39-47-55-72(77)90-69(60-84-71(76)54-46-38-32-31-36-44-52-66(7)8)62-88-92(81,82)86-58-67(74)57-85-91(79,80)87-61-68(89-73(78)56-48-40-30-24-18-21-27-35-43-51-65(5)6)59-83-70(75)53-45-37-28-22-17-16-20-26-34-42-50-64(3)4/h63-69,74H,9-62H2,1-8H3,(H,79,80)(H,81,82)/t67?,68-,69-/m1/s1. The predicted octanol–water partition coefficient (Wildman–Crippen LogP) is 20.9. The molecule has 0 saturated heterocycles. The third kappa shape index (κ3) is 66.7. The van der Waals surface area contributed by atoms with Gasteiger partial charge in [-0.2, -0.15) is 0 Å². The van der Waals surface area contributed by atoms with Crippen molar-refractivity contribution in [1.29, 1.82) is 0 Å². The quantitative estimate of drug-likeness (QED) is 0.0222. The first-order chi connectivity index (χ1) is 44.1. The second kappa shape index (κ2) is 62.6. The Morgan fingerprint density at radius 2 is 0.457 bits per heavy atom. The van der Waals surface area contributed by atoms with Gasteiger partial charge in [0.15, 0.2) is 12.2 Å². The van der Waals surface area contributed by atoms with E-state index in [4.69, 9.17) is 37.0 Å². The van der Waals surface area contributed by atoms with E-state index in [2.05, 4.69) is 55.4 Å². The second-order valence-corrected chi connectivity index (χ2v) is 31.1. The van der Waals surface area contributed by atoms with Crippen molar-refractivity contribution >= 4 is 39.5 Å².